The van der Waals surface area contributed by atoms with Gasteiger partial charge in [-0.25, -0.2) is 9.37 Å². The highest BCUT2D eigenvalue weighted by Crippen LogP contribution is 2.20. The van der Waals surface area contributed by atoms with Crippen LogP contribution < -0.4 is 9.80 Å². The number of rotatable bonds is 5. The number of para-hydroxylation sites is 1. The number of halogens is 1. The molecule has 6 nitrogen and oxygen atoms in total. The molecule has 0 atom stereocenters. The van der Waals surface area contributed by atoms with Crippen LogP contribution in [0.2, 0.25) is 0 Å². The highest BCUT2D eigenvalue weighted by Gasteiger charge is 2.23. The van der Waals surface area contributed by atoms with Gasteiger partial charge in [0, 0.05) is 71.5 Å². The van der Waals surface area contributed by atoms with E-state index >= 15 is 0 Å². The third-order valence-corrected chi connectivity index (χ3v) is 5.81. The first-order valence-corrected chi connectivity index (χ1v) is 10.4. The minimum absolute atomic E-state index is 0.166. The van der Waals surface area contributed by atoms with Gasteiger partial charge < -0.3 is 14.7 Å². The molecule has 0 unspecified atom stereocenters. The minimum atomic E-state index is -0.166. The Bertz CT molecular complexity index is 802. The summed E-state index contributed by atoms with van der Waals surface area (Å²) in [4.78, 5) is 25.6. The van der Waals surface area contributed by atoms with E-state index in [0.717, 1.165) is 64.7 Å². The first kappa shape index (κ1) is 19.6. The quantitative estimate of drug-likeness (QED) is 0.773. The second-order valence-electron chi connectivity index (χ2n) is 7.59. The predicted octanol–water partition coefficient (Wildman–Crippen LogP) is 2.08. The van der Waals surface area contributed by atoms with Gasteiger partial charge in [0.05, 0.1) is 5.69 Å². The third-order valence-electron chi connectivity index (χ3n) is 5.81. The maximum absolute atomic E-state index is 14.0. The van der Waals surface area contributed by atoms with Crippen molar-refractivity contribution in [1.82, 2.24) is 14.8 Å². The minimum Gasteiger partial charge on any atom is -0.367 e. The Labute approximate surface area is 171 Å². The van der Waals surface area contributed by atoms with Gasteiger partial charge >= 0.3 is 0 Å². The number of nitrogens with zero attached hydrogens (tertiary/aromatic N) is 5. The van der Waals surface area contributed by atoms with Crippen LogP contribution in [0.4, 0.5) is 15.9 Å². The molecular formula is C22H28FN5O. The van der Waals surface area contributed by atoms with Crippen LogP contribution in [0.3, 0.4) is 0 Å². The average Bonchev–Trinajstić information content (AvgIpc) is 2.79. The van der Waals surface area contributed by atoms with Crippen LogP contribution in [-0.2, 0) is 4.79 Å². The van der Waals surface area contributed by atoms with E-state index in [1.165, 1.54) is 6.07 Å². The first-order chi connectivity index (χ1) is 14.2. The molecule has 0 aliphatic carbocycles. The molecule has 2 aliphatic heterocycles. The second-order valence-corrected chi connectivity index (χ2v) is 7.59. The van der Waals surface area contributed by atoms with Crippen molar-refractivity contribution in [2.45, 2.75) is 6.42 Å². The highest BCUT2D eigenvalue weighted by molar-refractivity contribution is 5.76. The summed E-state index contributed by atoms with van der Waals surface area (Å²) in [6, 6.07) is 12.9. The Kier molecular flexibility index (Phi) is 6.24. The van der Waals surface area contributed by atoms with Crippen LogP contribution in [-0.4, -0.2) is 79.6 Å². The third kappa shape index (κ3) is 4.85. The first-order valence-electron chi connectivity index (χ1n) is 10.4. The Balaban J connectivity index is 1.19. The van der Waals surface area contributed by atoms with Crippen molar-refractivity contribution in [3.05, 3.63) is 54.5 Å². The molecule has 2 aliphatic rings. The van der Waals surface area contributed by atoms with Gasteiger partial charge in [0.15, 0.2) is 0 Å². The van der Waals surface area contributed by atoms with Gasteiger partial charge in [-0.05, 0) is 24.3 Å². The second kappa shape index (κ2) is 9.22. The van der Waals surface area contributed by atoms with Crippen molar-refractivity contribution in [1.29, 1.82) is 0 Å². The number of hydrogen-bond donors (Lipinski definition) is 0. The van der Waals surface area contributed by atoms with E-state index in [4.69, 9.17) is 0 Å². The van der Waals surface area contributed by atoms with Crippen molar-refractivity contribution in [2.75, 3.05) is 68.7 Å². The number of carbonyl (C=O) groups excluding carboxylic acids is 1. The normalized spacial score (nSPS) is 18.2. The van der Waals surface area contributed by atoms with Gasteiger partial charge in [-0.1, -0.05) is 18.2 Å². The molecule has 29 heavy (non-hydrogen) atoms. The lowest BCUT2D eigenvalue weighted by atomic mass is 10.2. The number of benzene rings is 1. The van der Waals surface area contributed by atoms with Crippen molar-refractivity contribution >= 4 is 17.4 Å². The van der Waals surface area contributed by atoms with Crippen LogP contribution in [0.15, 0.2) is 48.7 Å². The summed E-state index contributed by atoms with van der Waals surface area (Å²) < 4.78 is 14.0. The van der Waals surface area contributed by atoms with Crippen LogP contribution in [0.1, 0.15) is 6.42 Å². The summed E-state index contributed by atoms with van der Waals surface area (Å²) in [5, 5.41) is 0. The molecule has 4 rings (SSSR count). The molecule has 0 N–H and O–H groups in total. The number of carbonyl (C=O) groups is 1. The molecule has 0 spiro atoms. The molecule has 0 radical (unpaired) electrons. The topological polar surface area (TPSA) is 42.9 Å². The van der Waals surface area contributed by atoms with Gasteiger partial charge in [0.2, 0.25) is 5.91 Å². The number of pyridine rings is 1. The molecule has 7 heteroatoms. The fourth-order valence-electron chi connectivity index (χ4n) is 4.06. The zero-order valence-corrected chi connectivity index (χ0v) is 16.7. The maximum Gasteiger partial charge on any atom is 0.223 e. The lowest BCUT2D eigenvalue weighted by molar-refractivity contribution is -0.131. The van der Waals surface area contributed by atoms with Crippen LogP contribution >= 0.6 is 0 Å². The Morgan fingerprint density at radius 1 is 0.862 bits per heavy atom. The number of aromatic nitrogens is 1. The van der Waals surface area contributed by atoms with E-state index < -0.39 is 0 Å². The summed E-state index contributed by atoms with van der Waals surface area (Å²) in [7, 11) is 0. The van der Waals surface area contributed by atoms with Crippen molar-refractivity contribution in [3.63, 3.8) is 0 Å². The summed E-state index contributed by atoms with van der Waals surface area (Å²) in [5.74, 6) is 1.04. The summed E-state index contributed by atoms with van der Waals surface area (Å²) in [6.07, 6.45) is 2.35. The molecule has 2 saturated heterocycles. The Morgan fingerprint density at radius 2 is 1.55 bits per heavy atom. The van der Waals surface area contributed by atoms with Crippen LogP contribution in [0.5, 0.6) is 0 Å². The molecule has 0 bridgehead atoms. The van der Waals surface area contributed by atoms with Crippen LogP contribution in [0.25, 0.3) is 0 Å². The molecule has 2 fully saturated rings. The molecule has 0 saturated carbocycles. The van der Waals surface area contributed by atoms with Crippen molar-refractivity contribution in [2.24, 2.45) is 0 Å². The van der Waals surface area contributed by atoms with Gasteiger partial charge in [-0.15, -0.1) is 0 Å². The van der Waals surface area contributed by atoms with Crippen molar-refractivity contribution in [3.8, 4) is 0 Å². The van der Waals surface area contributed by atoms with E-state index in [1.807, 2.05) is 35.2 Å². The predicted molar refractivity (Wildman–Crippen MR) is 113 cm³/mol. The molecule has 3 heterocycles. The lowest BCUT2D eigenvalue weighted by Crippen LogP contribution is -2.50. The molecule has 1 aromatic heterocycles. The van der Waals surface area contributed by atoms with Gasteiger partial charge in [-0.3, -0.25) is 9.69 Å². The maximum atomic E-state index is 14.0. The molecular weight excluding hydrogens is 369 g/mol. The standard InChI is InChI=1S/C22H28FN5O/c23-19-5-1-2-6-20(19)26-13-11-25(12-14-26)10-8-22(29)28-17-15-27(16-18-28)21-7-3-4-9-24-21/h1-7,9H,8,10-18H2. The van der Waals surface area contributed by atoms with E-state index in [9.17, 15) is 9.18 Å². The van der Waals surface area contributed by atoms with Gasteiger partial charge in [0.25, 0.3) is 0 Å². The number of hydrogen-bond acceptors (Lipinski definition) is 5. The largest absolute Gasteiger partial charge is 0.367 e. The highest BCUT2D eigenvalue weighted by atomic mass is 19.1. The summed E-state index contributed by atoms with van der Waals surface area (Å²) in [6.45, 7) is 7.20. The zero-order valence-electron chi connectivity index (χ0n) is 16.7. The van der Waals surface area contributed by atoms with Crippen molar-refractivity contribution < 1.29 is 9.18 Å². The van der Waals surface area contributed by atoms with Crippen LogP contribution in [0, 0.1) is 5.82 Å². The SMILES string of the molecule is O=C(CCN1CCN(c2ccccc2F)CC1)N1CCN(c2ccccn2)CC1. The van der Waals surface area contributed by atoms with Gasteiger partial charge in [0.1, 0.15) is 11.6 Å². The smallest absolute Gasteiger partial charge is 0.223 e. The molecule has 154 valence electrons. The molecule has 2 aromatic rings. The molecule has 1 amide bonds. The fraction of sp³-hybridized carbons (Fsp3) is 0.455. The number of piperazine rings is 2. The van der Waals surface area contributed by atoms with E-state index in [1.54, 1.807) is 12.3 Å². The Hall–Kier alpha value is -2.67. The van der Waals surface area contributed by atoms with E-state index in [0.29, 0.717) is 12.1 Å². The van der Waals surface area contributed by atoms with Gasteiger partial charge in [-0.2, -0.15) is 0 Å². The number of amides is 1. The lowest BCUT2D eigenvalue weighted by Gasteiger charge is -2.37. The van der Waals surface area contributed by atoms with E-state index in [-0.39, 0.29) is 11.7 Å². The summed E-state index contributed by atoms with van der Waals surface area (Å²) in [5.41, 5.74) is 0.675. The number of anilines is 2. The summed E-state index contributed by atoms with van der Waals surface area (Å²) >= 11 is 0. The zero-order chi connectivity index (χ0) is 20.1. The Morgan fingerprint density at radius 3 is 2.24 bits per heavy atom. The monoisotopic (exact) mass is 397 g/mol. The average molecular weight is 397 g/mol. The molecule has 1 aromatic carbocycles. The fourth-order valence-corrected chi connectivity index (χ4v) is 4.06. The van der Waals surface area contributed by atoms with E-state index in [2.05, 4.69) is 19.7 Å².